The van der Waals surface area contributed by atoms with Gasteiger partial charge in [-0.3, -0.25) is 4.98 Å². The predicted molar refractivity (Wildman–Crippen MR) is 75.1 cm³/mol. The molecule has 2 heterocycles. The third-order valence-corrected chi connectivity index (χ3v) is 5.01. The van der Waals surface area contributed by atoms with E-state index in [0.717, 1.165) is 5.56 Å². The van der Waals surface area contributed by atoms with E-state index in [1.807, 2.05) is 0 Å². The highest BCUT2D eigenvalue weighted by atomic mass is 32.2. The molecule has 0 saturated carbocycles. The predicted octanol–water partition coefficient (Wildman–Crippen LogP) is 0.608. The molecule has 20 heavy (non-hydrogen) atoms. The van der Waals surface area contributed by atoms with Gasteiger partial charge in [-0.1, -0.05) is 6.92 Å². The Balaban J connectivity index is 2.36. The monoisotopic (exact) mass is 295 g/mol. The fourth-order valence-electron chi connectivity index (χ4n) is 1.93. The third-order valence-electron chi connectivity index (χ3n) is 2.95. The van der Waals surface area contributed by atoms with E-state index in [0.29, 0.717) is 6.54 Å². The van der Waals surface area contributed by atoms with Crippen LogP contribution in [0.4, 0.5) is 5.82 Å². The molecule has 0 aliphatic heterocycles. The van der Waals surface area contributed by atoms with Crippen molar-refractivity contribution in [3.05, 3.63) is 36.4 Å². The molecule has 0 fully saturated rings. The molecule has 2 N–H and O–H groups in total. The molecule has 2 rings (SSSR count). The van der Waals surface area contributed by atoms with Crippen molar-refractivity contribution in [2.45, 2.75) is 18.5 Å². The number of hydrogen-bond donors (Lipinski definition) is 1. The number of nitrogens with two attached hydrogens (primary N) is 1. The molecule has 0 atom stereocenters. The molecule has 7 nitrogen and oxygen atoms in total. The van der Waals surface area contributed by atoms with Gasteiger partial charge in [-0.25, -0.2) is 13.4 Å². The first-order valence-corrected chi connectivity index (χ1v) is 7.56. The second-order valence-corrected chi connectivity index (χ2v) is 6.19. The number of sulfonamides is 1. The van der Waals surface area contributed by atoms with Crippen molar-refractivity contribution >= 4 is 15.8 Å². The molecule has 0 spiro atoms. The van der Waals surface area contributed by atoms with Crippen LogP contribution in [0.1, 0.15) is 12.5 Å². The number of imidazole rings is 1. The molecule has 0 bridgehead atoms. The van der Waals surface area contributed by atoms with Crippen molar-refractivity contribution in [2.24, 2.45) is 7.05 Å². The molecular weight excluding hydrogens is 278 g/mol. The number of hydrogen-bond acceptors (Lipinski definition) is 5. The molecule has 2 aromatic rings. The van der Waals surface area contributed by atoms with E-state index in [9.17, 15) is 8.42 Å². The number of aryl methyl sites for hydroxylation is 1. The Morgan fingerprint density at radius 1 is 1.35 bits per heavy atom. The molecule has 2 aromatic heterocycles. The van der Waals surface area contributed by atoms with E-state index in [1.54, 1.807) is 38.5 Å². The SMILES string of the molecule is CCN(Cc1ccncc1)S(=O)(=O)c1c(N)ncn1C. The van der Waals surface area contributed by atoms with Crippen LogP contribution in [0.25, 0.3) is 0 Å². The summed E-state index contributed by atoms with van der Waals surface area (Å²) in [5.41, 5.74) is 6.53. The first-order valence-electron chi connectivity index (χ1n) is 6.12. The van der Waals surface area contributed by atoms with Crippen molar-refractivity contribution in [1.82, 2.24) is 18.8 Å². The largest absolute Gasteiger partial charge is 0.381 e. The Morgan fingerprint density at radius 2 is 2.00 bits per heavy atom. The van der Waals surface area contributed by atoms with Crippen LogP contribution < -0.4 is 5.73 Å². The maximum absolute atomic E-state index is 12.6. The fourth-order valence-corrected chi connectivity index (χ4v) is 3.56. The number of anilines is 1. The molecule has 8 heteroatoms. The van der Waals surface area contributed by atoms with Gasteiger partial charge in [0.15, 0.2) is 10.8 Å². The van der Waals surface area contributed by atoms with Gasteiger partial charge in [0.1, 0.15) is 0 Å². The first kappa shape index (κ1) is 14.5. The quantitative estimate of drug-likeness (QED) is 0.872. The summed E-state index contributed by atoms with van der Waals surface area (Å²) in [4.78, 5) is 7.75. The average molecular weight is 295 g/mol. The Labute approximate surface area is 118 Å². The van der Waals surface area contributed by atoms with Gasteiger partial charge in [0.2, 0.25) is 0 Å². The van der Waals surface area contributed by atoms with Crippen LogP contribution >= 0.6 is 0 Å². The Hall–Kier alpha value is -1.93. The summed E-state index contributed by atoms with van der Waals surface area (Å²) in [7, 11) is -2.07. The zero-order valence-corrected chi connectivity index (χ0v) is 12.2. The average Bonchev–Trinajstić information content (AvgIpc) is 2.77. The van der Waals surface area contributed by atoms with E-state index >= 15 is 0 Å². The molecule has 0 radical (unpaired) electrons. The van der Waals surface area contributed by atoms with Gasteiger partial charge in [-0.15, -0.1) is 0 Å². The summed E-state index contributed by atoms with van der Waals surface area (Å²) >= 11 is 0. The number of pyridine rings is 1. The van der Waals surface area contributed by atoms with E-state index in [-0.39, 0.29) is 17.4 Å². The molecular formula is C12H17N5O2S. The Kier molecular flexibility index (Phi) is 4.05. The number of nitrogen functional groups attached to an aromatic ring is 1. The van der Waals surface area contributed by atoms with Crippen molar-refractivity contribution in [1.29, 1.82) is 0 Å². The highest BCUT2D eigenvalue weighted by Gasteiger charge is 2.29. The number of aromatic nitrogens is 3. The van der Waals surface area contributed by atoms with Crippen molar-refractivity contribution < 1.29 is 8.42 Å². The van der Waals surface area contributed by atoms with E-state index in [4.69, 9.17) is 5.73 Å². The lowest BCUT2D eigenvalue weighted by molar-refractivity contribution is 0.419. The topological polar surface area (TPSA) is 94.1 Å². The van der Waals surface area contributed by atoms with Gasteiger partial charge >= 0.3 is 0 Å². The number of nitrogens with zero attached hydrogens (tertiary/aromatic N) is 4. The van der Waals surface area contributed by atoms with Crippen LogP contribution in [0.2, 0.25) is 0 Å². The summed E-state index contributed by atoms with van der Waals surface area (Å²) in [6.07, 6.45) is 4.66. The van der Waals surface area contributed by atoms with E-state index in [2.05, 4.69) is 9.97 Å². The lowest BCUT2D eigenvalue weighted by Gasteiger charge is -2.20. The smallest absolute Gasteiger partial charge is 0.262 e. The molecule has 0 amide bonds. The maximum atomic E-state index is 12.6. The lowest BCUT2D eigenvalue weighted by atomic mass is 10.3. The summed E-state index contributed by atoms with van der Waals surface area (Å²) in [6, 6.07) is 3.57. The third kappa shape index (κ3) is 2.66. The minimum atomic E-state index is -3.68. The van der Waals surface area contributed by atoms with Gasteiger partial charge in [0, 0.05) is 32.5 Å². The molecule has 0 saturated heterocycles. The normalized spacial score (nSPS) is 11.9. The van der Waals surface area contributed by atoms with Gasteiger partial charge in [-0.05, 0) is 17.7 Å². The van der Waals surface area contributed by atoms with Gasteiger partial charge in [-0.2, -0.15) is 4.31 Å². The maximum Gasteiger partial charge on any atom is 0.262 e. The summed E-state index contributed by atoms with van der Waals surface area (Å²) in [5.74, 6) is 0.0145. The van der Waals surface area contributed by atoms with Crippen LogP contribution in [-0.2, 0) is 23.6 Å². The first-order chi connectivity index (χ1) is 9.46. The highest BCUT2D eigenvalue weighted by Crippen LogP contribution is 2.22. The molecule has 0 aliphatic carbocycles. The molecule has 0 aliphatic rings. The fraction of sp³-hybridized carbons (Fsp3) is 0.333. The van der Waals surface area contributed by atoms with Crippen LogP contribution in [0.3, 0.4) is 0 Å². The number of rotatable bonds is 5. The van der Waals surface area contributed by atoms with Crippen molar-refractivity contribution in [2.75, 3.05) is 12.3 Å². The summed E-state index contributed by atoms with van der Waals surface area (Å²) in [6.45, 7) is 2.40. The highest BCUT2D eigenvalue weighted by molar-refractivity contribution is 7.89. The molecule has 0 unspecified atom stereocenters. The van der Waals surface area contributed by atoms with Crippen LogP contribution in [0.5, 0.6) is 0 Å². The molecule has 0 aromatic carbocycles. The van der Waals surface area contributed by atoms with Crippen LogP contribution in [0, 0.1) is 0 Å². The minimum absolute atomic E-state index is 0.0145. The standard InChI is InChI=1S/C12H17N5O2S/c1-3-17(8-10-4-6-14-7-5-10)20(18,19)12-11(13)15-9-16(12)2/h4-7,9H,3,8,13H2,1-2H3. The lowest BCUT2D eigenvalue weighted by Crippen LogP contribution is -2.32. The van der Waals surface area contributed by atoms with Gasteiger partial charge < -0.3 is 10.3 Å². The Morgan fingerprint density at radius 3 is 2.50 bits per heavy atom. The molecule has 108 valence electrons. The zero-order valence-electron chi connectivity index (χ0n) is 11.4. The van der Waals surface area contributed by atoms with Crippen LogP contribution in [-0.4, -0.2) is 33.8 Å². The zero-order chi connectivity index (χ0) is 14.8. The van der Waals surface area contributed by atoms with Crippen molar-refractivity contribution in [3.63, 3.8) is 0 Å². The minimum Gasteiger partial charge on any atom is -0.381 e. The summed E-state index contributed by atoms with van der Waals surface area (Å²) in [5, 5.41) is 0.0217. The summed E-state index contributed by atoms with van der Waals surface area (Å²) < 4.78 is 28.1. The second-order valence-electron chi connectivity index (χ2n) is 4.33. The van der Waals surface area contributed by atoms with Crippen LogP contribution in [0.15, 0.2) is 35.9 Å². The Bertz CT molecular complexity index is 662. The van der Waals surface area contributed by atoms with E-state index < -0.39 is 10.0 Å². The van der Waals surface area contributed by atoms with Gasteiger partial charge in [0.25, 0.3) is 10.0 Å². The van der Waals surface area contributed by atoms with Gasteiger partial charge in [0.05, 0.1) is 6.33 Å². The van der Waals surface area contributed by atoms with Crippen molar-refractivity contribution in [3.8, 4) is 0 Å². The second kappa shape index (κ2) is 5.59. The van der Waals surface area contributed by atoms with E-state index in [1.165, 1.54) is 15.2 Å².